The van der Waals surface area contributed by atoms with Gasteiger partial charge in [0.25, 0.3) is 0 Å². The summed E-state index contributed by atoms with van der Waals surface area (Å²) in [4.78, 5) is 0. The van der Waals surface area contributed by atoms with Crippen LogP contribution in [0.25, 0.3) is 6.08 Å². The van der Waals surface area contributed by atoms with Crippen molar-refractivity contribution in [3.05, 3.63) is 41.5 Å². The first-order chi connectivity index (χ1) is 7.88. The van der Waals surface area contributed by atoms with Gasteiger partial charge in [-0.2, -0.15) is 0 Å². The minimum atomic E-state index is 0.536. The maximum Gasteiger partial charge on any atom is 0.00244 e. The van der Waals surface area contributed by atoms with Crippen molar-refractivity contribution in [3.8, 4) is 0 Å². The standard InChI is InChI=1S/C16H18/c1-2-6-15-13(4-1)5-3-9-16(15)11-12-7-8-14(16)10-12/h1-6,12,14H,7-11H2. The minimum absolute atomic E-state index is 0.536. The van der Waals surface area contributed by atoms with Crippen LogP contribution in [0.2, 0.25) is 0 Å². The van der Waals surface area contributed by atoms with Crippen LogP contribution in [-0.4, -0.2) is 0 Å². The maximum absolute atomic E-state index is 2.42. The Morgan fingerprint density at radius 3 is 2.88 bits per heavy atom. The van der Waals surface area contributed by atoms with Crippen LogP contribution in [0.3, 0.4) is 0 Å². The number of hydrogen-bond acceptors (Lipinski definition) is 0. The van der Waals surface area contributed by atoms with E-state index >= 15 is 0 Å². The Balaban J connectivity index is 1.89. The number of rotatable bonds is 0. The molecule has 0 aromatic heterocycles. The first-order valence-electron chi connectivity index (χ1n) is 6.64. The second kappa shape index (κ2) is 3.00. The molecule has 3 aliphatic carbocycles. The molecule has 82 valence electrons. The quantitative estimate of drug-likeness (QED) is 0.603. The molecule has 0 heteroatoms. The zero-order chi connectivity index (χ0) is 10.6. The van der Waals surface area contributed by atoms with Gasteiger partial charge in [0.2, 0.25) is 0 Å². The van der Waals surface area contributed by atoms with Crippen molar-refractivity contribution in [3.63, 3.8) is 0 Å². The van der Waals surface area contributed by atoms with Crippen molar-refractivity contribution < 1.29 is 0 Å². The molecule has 3 atom stereocenters. The monoisotopic (exact) mass is 210 g/mol. The molecule has 16 heavy (non-hydrogen) atoms. The van der Waals surface area contributed by atoms with E-state index in [0.717, 1.165) is 11.8 Å². The van der Waals surface area contributed by atoms with Crippen molar-refractivity contribution in [2.75, 3.05) is 0 Å². The lowest BCUT2D eigenvalue weighted by Crippen LogP contribution is -2.34. The molecule has 3 unspecified atom stereocenters. The van der Waals surface area contributed by atoms with Gasteiger partial charge in [-0.15, -0.1) is 0 Å². The van der Waals surface area contributed by atoms with E-state index in [0.29, 0.717) is 5.41 Å². The van der Waals surface area contributed by atoms with Gasteiger partial charge in [-0.1, -0.05) is 42.8 Å². The summed E-state index contributed by atoms with van der Waals surface area (Å²) in [7, 11) is 0. The molecule has 0 N–H and O–H groups in total. The van der Waals surface area contributed by atoms with Crippen molar-refractivity contribution in [1.82, 2.24) is 0 Å². The van der Waals surface area contributed by atoms with Gasteiger partial charge in [0, 0.05) is 5.41 Å². The zero-order valence-electron chi connectivity index (χ0n) is 9.65. The Bertz CT molecular complexity index is 457. The maximum atomic E-state index is 2.42. The summed E-state index contributed by atoms with van der Waals surface area (Å²) < 4.78 is 0. The average molecular weight is 210 g/mol. The Morgan fingerprint density at radius 1 is 1.12 bits per heavy atom. The molecule has 2 saturated carbocycles. The molecule has 0 radical (unpaired) electrons. The lowest BCUT2D eigenvalue weighted by atomic mass is 9.63. The highest BCUT2D eigenvalue weighted by Crippen LogP contribution is 2.60. The molecular formula is C16H18. The van der Waals surface area contributed by atoms with Crippen LogP contribution in [0.4, 0.5) is 0 Å². The van der Waals surface area contributed by atoms with Crippen molar-refractivity contribution in [1.29, 1.82) is 0 Å². The second-order valence-electron chi connectivity index (χ2n) is 5.93. The van der Waals surface area contributed by atoms with E-state index in [1.165, 1.54) is 37.7 Å². The van der Waals surface area contributed by atoms with Crippen LogP contribution in [0, 0.1) is 11.8 Å². The Morgan fingerprint density at radius 2 is 2.06 bits per heavy atom. The molecule has 3 aliphatic rings. The van der Waals surface area contributed by atoms with Gasteiger partial charge in [0.15, 0.2) is 0 Å². The summed E-state index contributed by atoms with van der Waals surface area (Å²) in [5, 5.41) is 0. The zero-order valence-corrected chi connectivity index (χ0v) is 9.65. The molecular weight excluding hydrogens is 192 g/mol. The average Bonchev–Trinajstić information content (AvgIpc) is 2.90. The summed E-state index contributed by atoms with van der Waals surface area (Å²) in [6.45, 7) is 0. The van der Waals surface area contributed by atoms with Gasteiger partial charge in [0.1, 0.15) is 0 Å². The summed E-state index contributed by atoms with van der Waals surface area (Å²) in [5.74, 6) is 2.01. The van der Waals surface area contributed by atoms with Crippen LogP contribution in [0.1, 0.15) is 43.2 Å². The van der Waals surface area contributed by atoms with Crippen LogP contribution >= 0.6 is 0 Å². The molecule has 0 heterocycles. The van der Waals surface area contributed by atoms with Crippen molar-refractivity contribution in [2.45, 2.75) is 37.5 Å². The number of fused-ring (bicyclic) bond motifs is 5. The Labute approximate surface area is 97.4 Å². The Kier molecular flexibility index (Phi) is 1.69. The fourth-order valence-electron chi connectivity index (χ4n) is 4.63. The first-order valence-corrected chi connectivity index (χ1v) is 6.64. The molecule has 1 aromatic rings. The third-order valence-electron chi connectivity index (χ3n) is 5.25. The SMILES string of the molecule is C1=Cc2ccccc2C2(C1)CC1CCC2C1. The summed E-state index contributed by atoms with van der Waals surface area (Å²) >= 11 is 0. The smallest absolute Gasteiger partial charge is 0.00244 e. The van der Waals surface area contributed by atoms with Crippen LogP contribution < -0.4 is 0 Å². The highest BCUT2D eigenvalue weighted by atomic mass is 14.6. The molecule has 0 aliphatic heterocycles. The lowest BCUT2D eigenvalue weighted by Gasteiger charge is -2.40. The van der Waals surface area contributed by atoms with Crippen LogP contribution in [0.15, 0.2) is 30.3 Å². The van der Waals surface area contributed by atoms with E-state index in [9.17, 15) is 0 Å². The van der Waals surface area contributed by atoms with E-state index in [-0.39, 0.29) is 0 Å². The third kappa shape index (κ3) is 1.00. The van der Waals surface area contributed by atoms with Gasteiger partial charge >= 0.3 is 0 Å². The predicted molar refractivity (Wildman–Crippen MR) is 67.2 cm³/mol. The number of benzene rings is 1. The number of allylic oxidation sites excluding steroid dienone is 1. The van der Waals surface area contributed by atoms with Gasteiger partial charge < -0.3 is 0 Å². The van der Waals surface area contributed by atoms with Crippen molar-refractivity contribution in [2.24, 2.45) is 11.8 Å². The normalized spacial score (nSPS) is 39.2. The highest BCUT2D eigenvalue weighted by molar-refractivity contribution is 5.60. The van der Waals surface area contributed by atoms with Crippen molar-refractivity contribution >= 4 is 6.08 Å². The largest absolute Gasteiger partial charge is 0.0830 e. The summed E-state index contributed by atoms with van der Waals surface area (Å²) in [6, 6.07) is 9.08. The molecule has 1 spiro atoms. The Hall–Kier alpha value is -1.04. The fraction of sp³-hybridized carbons (Fsp3) is 0.500. The molecule has 0 amide bonds. The summed E-state index contributed by atoms with van der Waals surface area (Å²) in [6.07, 6.45) is 12.0. The molecule has 2 bridgehead atoms. The predicted octanol–water partition coefficient (Wildman–Crippen LogP) is 4.16. The van der Waals surface area contributed by atoms with E-state index in [4.69, 9.17) is 0 Å². The third-order valence-corrected chi connectivity index (χ3v) is 5.25. The molecule has 4 rings (SSSR count). The van der Waals surface area contributed by atoms with E-state index < -0.39 is 0 Å². The van der Waals surface area contributed by atoms with E-state index in [1.807, 2.05) is 0 Å². The first kappa shape index (κ1) is 9.04. The minimum Gasteiger partial charge on any atom is -0.0830 e. The van der Waals surface area contributed by atoms with Gasteiger partial charge in [-0.05, 0) is 48.6 Å². The van der Waals surface area contributed by atoms with Gasteiger partial charge in [0.05, 0.1) is 0 Å². The second-order valence-corrected chi connectivity index (χ2v) is 5.93. The van der Waals surface area contributed by atoms with Crippen LogP contribution in [0.5, 0.6) is 0 Å². The van der Waals surface area contributed by atoms with Crippen LogP contribution in [-0.2, 0) is 5.41 Å². The topological polar surface area (TPSA) is 0 Å². The number of hydrogen-bond donors (Lipinski definition) is 0. The molecule has 2 fully saturated rings. The van der Waals surface area contributed by atoms with E-state index in [2.05, 4.69) is 36.4 Å². The van der Waals surface area contributed by atoms with E-state index in [1.54, 1.807) is 5.56 Å². The van der Waals surface area contributed by atoms with Gasteiger partial charge in [-0.3, -0.25) is 0 Å². The molecule has 0 nitrogen and oxygen atoms in total. The highest BCUT2D eigenvalue weighted by Gasteiger charge is 2.52. The fourth-order valence-corrected chi connectivity index (χ4v) is 4.63. The lowest BCUT2D eigenvalue weighted by molar-refractivity contribution is 0.267. The van der Waals surface area contributed by atoms with Gasteiger partial charge in [-0.25, -0.2) is 0 Å². The summed E-state index contributed by atoms with van der Waals surface area (Å²) in [5.41, 5.74) is 3.68. The molecule has 0 saturated heterocycles. The molecule has 1 aromatic carbocycles.